The summed E-state index contributed by atoms with van der Waals surface area (Å²) in [4.78, 5) is 41.1. The van der Waals surface area contributed by atoms with Gasteiger partial charge in [-0.15, -0.1) is 0 Å². The molecule has 2 aliphatic rings. The minimum atomic E-state index is -0.458. The first-order valence-electron chi connectivity index (χ1n) is 10.7. The van der Waals surface area contributed by atoms with Crippen LogP contribution in [0.3, 0.4) is 0 Å². The Kier molecular flexibility index (Phi) is 8.81. The number of benzene rings is 1. The third-order valence-corrected chi connectivity index (χ3v) is 6.73. The Morgan fingerprint density at radius 1 is 1.16 bits per heavy atom. The number of carbonyl (C=O) groups is 3. The minimum Gasteiger partial charge on any atom is -0.490 e. The lowest BCUT2D eigenvalue weighted by molar-refractivity contribution is -0.135. The van der Waals surface area contributed by atoms with Gasteiger partial charge in [-0.05, 0) is 55.3 Å². The third-order valence-electron chi connectivity index (χ3n) is 5.13. The molecular formula is C23H27BrN2O5S. The van der Waals surface area contributed by atoms with Crippen LogP contribution in [0.2, 0.25) is 0 Å². The van der Waals surface area contributed by atoms with Gasteiger partial charge < -0.3 is 14.4 Å². The molecule has 2 saturated heterocycles. The molecule has 2 fully saturated rings. The number of hydrogen-bond acceptors (Lipinski definition) is 6. The van der Waals surface area contributed by atoms with E-state index < -0.39 is 11.1 Å². The highest BCUT2D eigenvalue weighted by atomic mass is 79.9. The van der Waals surface area contributed by atoms with Crippen LogP contribution in [0.4, 0.5) is 4.79 Å². The van der Waals surface area contributed by atoms with Crippen molar-refractivity contribution in [3.05, 3.63) is 39.7 Å². The maximum Gasteiger partial charge on any atom is 0.294 e. The van der Waals surface area contributed by atoms with Crippen molar-refractivity contribution in [3.63, 3.8) is 0 Å². The summed E-state index contributed by atoms with van der Waals surface area (Å²) >= 11 is 4.33. The van der Waals surface area contributed by atoms with Gasteiger partial charge in [0.1, 0.15) is 13.2 Å². The third kappa shape index (κ3) is 5.95. The molecule has 2 heterocycles. The monoisotopic (exact) mass is 522 g/mol. The second-order valence-electron chi connectivity index (χ2n) is 7.42. The molecule has 172 valence electrons. The van der Waals surface area contributed by atoms with Crippen LogP contribution in [0.5, 0.6) is 11.5 Å². The van der Waals surface area contributed by atoms with Gasteiger partial charge in [-0.2, -0.15) is 0 Å². The number of rotatable bonds is 8. The Morgan fingerprint density at radius 3 is 2.50 bits per heavy atom. The summed E-state index contributed by atoms with van der Waals surface area (Å²) in [5, 5.41) is -0.434. The molecule has 0 saturated carbocycles. The van der Waals surface area contributed by atoms with Crippen molar-refractivity contribution in [2.45, 2.75) is 32.6 Å². The number of imide groups is 1. The molecule has 1 aromatic carbocycles. The second-order valence-corrected chi connectivity index (χ2v) is 9.26. The van der Waals surface area contributed by atoms with Crippen LogP contribution in [0, 0.1) is 0 Å². The predicted octanol–water partition coefficient (Wildman–Crippen LogP) is 4.85. The Morgan fingerprint density at radius 2 is 1.84 bits per heavy atom. The van der Waals surface area contributed by atoms with Gasteiger partial charge in [0.15, 0.2) is 11.5 Å². The van der Waals surface area contributed by atoms with Crippen molar-refractivity contribution in [2.24, 2.45) is 0 Å². The number of amides is 3. The zero-order chi connectivity index (χ0) is 23.1. The predicted molar refractivity (Wildman–Crippen MR) is 129 cm³/mol. The number of carbonyl (C=O) groups excluding carboxylic acids is 3. The SMILES string of the molecule is C=CCOc1cc(Br)c(C=C2SC(=O)N(CC(=O)N3CCCCCC3)C2=O)cc1OCC. The lowest BCUT2D eigenvalue weighted by Gasteiger charge is -2.22. The molecule has 0 radical (unpaired) electrons. The molecule has 9 heteroatoms. The molecule has 7 nitrogen and oxygen atoms in total. The molecule has 0 aromatic heterocycles. The standard InChI is InChI=1S/C23H27BrN2O5S/c1-3-11-31-19-14-17(24)16(12-18(19)30-4-2)13-20-22(28)26(23(29)32-20)15-21(27)25-9-7-5-6-8-10-25/h3,12-14H,1,4-11,15H2,2H3. The van der Waals surface area contributed by atoms with Gasteiger partial charge in [-0.25, -0.2) is 0 Å². The van der Waals surface area contributed by atoms with E-state index in [2.05, 4.69) is 22.5 Å². The van der Waals surface area contributed by atoms with Crippen molar-refractivity contribution in [1.29, 1.82) is 0 Å². The lowest BCUT2D eigenvalue weighted by Crippen LogP contribution is -2.42. The van der Waals surface area contributed by atoms with Gasteiger partial charge in [0, 0.05) is 17.6 Å². The van der Waals surface area contributed by atoms with Crippen LogP contribution in [-0.2, 0) is 9.59 Å². The normalized spacial score (nSPS) is 18.1. The topological polar surface area (TPSA) is 76.2 Å². The summed E-state index contributed by atoms with van der Waals surface area (Å²) < 4.78 is 12.0. The van der Waals surface area contributed by atoms with Crippen LogP contribution >= 0.6 is 27.7 Å². The van der Waals surface area contributed by atoms with Crippen LogP contribution in [0.1, 0.15) is 38.2 Å². The quantitative estimate of drug-likeness (QED) is 0.358. The second kappa shape index (κ2) is 11.6. The van der Waals surface area contributed by atoms with E-state index in [0.29, 0.717) is 47.8 Å². The molecule has 0 spiro atoms. The van der Waals surface area contributed by atoms with Crippen molar-refractivity contribution in [3.8, 4) is 11.5 Å². The fraction of sp³-hybridized carbons (Fsp3) is 0.435. The first-order chi connectivity index (χ1) is 15.4. The largest absolute Gasteiger partial charge is 0.490 e. The van der Waals surface area contributed by atoms with E-state index >= 15 is 0 Å². The number of hydrogen-bond donors (Lipinski definition) is 0. The number of likely N-dealkylation sites (tertiary alicyclic amines) is 1. The van der Waals surface area contributed by atoms with Crippen LogP contribution in [0.15, 0.2) is 34.2 Å². The number of nitrogens with zero attached hydrogens (tertiary/aromatic N) is 2. The fourth-order valence-electron chi connectivity index (χ4n) is 3.52. The smallest absolute Gasteiger partial charge is 0.294 e. The summed E-state index contributed by atoms with van der Waals surface area (Å²) in [6.45, 7) is 7.42. The van der Waals surface area contributed by atoms with E-state index in [1.807, 2.05) is 6.92 Å². The van der Waals surface area contributed by atoms with Gasteiger partial charge in [-0.3, -0.25) is 19.3 Å². The Hall–Kier alpha value is -2.26. The van der Waals surface area contributed by atoms with E-state index in [0.717, 1.165) is 42.3 Å². The highest BCUT2D eigenvalue weighted by Gasteiger charge is 2.37. The molecular weight excluding hydrogens is 496 g/mol. The zero-order valence-electron chi connectivity index (χ0n) is 18.1. The van der Waals surface area contributed by atoms with Crippen molar-refractivity contribution in [2.75, 3.05) is 32.8 Å². The summed E-state index contributed by atoms with van der Waals surface area (Å²) in [6.07, 6.45) is 7.38. The van der Waals surface area contributed by atoms with E-state index in [-0.39, 0.29) is 17.4 Å². The van der Waals surface area contributed by atoms with E-state index in [1.54, 1.807) is 29.2 Å². The average molecular weight is 523 g/mol. The average Bonchev–Trinajstić information content (AvgIpc) is 2.97. The summed E-state index contributed by atoms with van der Waals surface area (Å²) in [5.74, 6) is 0.435. The van der Waals surface area contributed by atoms with Crippen LogP contribution in [0.25, 0.3) is 6.08 Å². The molecule has 1 aromatic rings. The van der Waals surface area contributed by atoms with Crippen LogP contribution in [-0.4, -0.2) is 59.7 Å². The summed E-state index contributed by atoms with van der Waals surface area (Å²) in [7, 11) is 0. The number of ether oxygens (including phenoxy) is 2. The van der Waals surface area contributed by atoms with Gasteiger partial charge in [0.25, 0.3) is 11.1 Å². The Labute approximate surface area is 200 Å². The zero-order valence-corrected chi connectivity index (χ0v) is 20.5. The van der Waals surface area contributed by atoms with Crippen molar-refractivity contribution >= 4 is 50.8 Å². The van der Waals surface area contributed by atoms with Gasteiger partial charge >= 0.3 is 0 Å². The summed E-state index contributed by atoms with van der Waals surface area (Å²) in [6, 6.07) is 3.51. The van der Waals surface area contributed by atoms with E-state index in [1.165, 1.54) is 0 Å². The Bertz CT molecular complexity index is 925. The molecule has 0 aliphatic carbocycles. The molecule has 3 amide bonds. The first-order valence-corrected chi connectivity index (χ1v) is 12.3. The lowest BCUT2D eigenvalue weighted by atomic mass is 10.1. The van der Waals surface area contributed by atoms with E-state index in [9.17, 15) is 14.4 Å². The Balaban J connectivity index is 1.78. The maximum absolute atomic E-state index is 12.9. The van der Waals surface area contributed by atoms with Gasteiger partial charge in [0.05, 0.1) is 11.5 Å². The number of halogens is 1. The van der Waals surface area contributed by atoms with Crippen molar-refractivity contribution < 1.29 is 23.9 Å². The maximum atomic E-state index is 12.9. The fourth-order valence-corrected chi connectivity index (χ4v) is 4.79. The van der Waals surface area contributed by atoms with Gasteiger partial charge in [0.2, 0.25) is 5.91 Å². The molecule has 0 atom stereocenters. The molecule has 2 aliphatic heterocycles. The number of thioether (sulfide) groups is 1. The molecule has 0 N–H and O–H groups in total. The van der Waals surface area contributed by atoms with Crippen LogP contribution < -0.4 is 9.47 Å². The molecule has 0 unspecified atom stereocenters. The first kappa shape index (κ1) is 24.4. The van der Waals surface area contributed by atoms with Gasteiger partial charge in [-0.1, -0.05) is 41.4 Å². The minimum absolute atomic E-state index is 0.181. The molecule has 32 heavy (non-hydrogen) atoms. The summed E-state index contributed by atoms with van der Waals surface area (Å²) in [5.41, 5.74) is 0.670. The molecule has 3 rings (SSSR count). The highest BCUT2D eigenvalue weighted by molar-refractivity contribution is 9.10. The highest BCUT2D eigenvalue weighted by Crippen LogP contribution is 2.38. The molecule has 0 bridgehead atoms. The van der Waals surface area contributed by atoms with E-state index in [4.69, 9.17) is 9.47 Å². The van der Waals surface area contributed by atoms with Crippen molar-refractivity contribution in [1.82, 2.24) is 9.80 Å².